The summed E-state index contributed by atoms with van der Waals surface area (Å²) in [5, 5.41) is 12.5. The van der Waals surface area contributed by atoms with Crippen LogP contribution in [0.15, 0.2) is 45.5 Å². The minimum atomic E-state index is -0.815. The van der Waals surface area contributed by atoms with Crippen molar-refractivity contribution in [2.24, 2.45) is 0 Å². The van der Waals surface area contributed by atoms with Crippen molar-refractivity contribution < 1.29 is 9.90 Å². The summed E-state index contributed by atoms with van der Waals surface area (Å²) in [4.78, 5) is 20.9. The SMILES string of the molecule is CCC(Sc1ncnc2scc(-c3ccc(Br)cc3)c12)C(=O)O. The standard InChI is InChI=1S/C16H13BrN2O2S2/c1-2-12(16(20)21)23-15-13-11(7-22-14(13)18-8-19-15)9-3-5-10(17)6-4-9/h3-8,12H,2H2,1H3,(H,20,21). The Morgan fingerprint density at radius 2 is 2.09 bits per heavy atom. The third-order valence-corrected chi connectivity index (χ3v) is 6.16. The van der Waals surface area contributed by atoms with Gasteiger partial charge in [0.2, 0.25) is 0 Å². The lowest BCUT2D eigenvalue weighted by Gasteiger charge is -2.10. The first kappa shape index (κ1) is 16.4. The van der Waals surface area contributed by atoms with E-state index < -0.39 is 11.2 Å². The van der Waals surface area contributed by atoms with E-state index in [1.54, 1.807) is 11.3 Å². The summed E-state index contributed by atoms with van der Waals surface area (Å²) in [6.07, 6.45) is 2.05. The molecule has 118 valence electrons. The first-order valence-corrected chi connectivity index (χ1v) is 9.53. The van der Waals surface area contributed by atoms with Crippen molar-refractivity contribution in [2.45, 2.75) is 23.6 Å². The molecule has 0 bridgehead atoms. The van der Waals surface area contributed by atoms with Crippen LogP contribution in [0.5, 0.6) is 0 Å². The highest BCUT2D eigenvalue weighted by atomic mass is 79.9. The van der Waals surface area contributed by atoms with E-state index in [1.807, 2.05) is 36.6 Å². The lowest BCUT2D eigenvalue weighted by Crippen LogP contribution is -2.15. The molecule has 23 heavy (non-hydrogen) atoms. The van der Waals surface area contributed by atoms with Crippen LogP contribution in [-0.4, -0.2) is 26.3 Å². The van der Waals surface area contributed by atoms with Gasteiger partial charge in [0.05, 0.1) is 5.39 Å². The molecule has 4 nitrogen and oxygen atoms in total. The number of halogens is 1. The van der Waals surface area contributed by atoms with E-state index in [1.165, 1.54) is 18.1 Å². The van der Waals surface area contributed by atoms with Crippen LogP contribution in [0.1, 0.15) is 13.3 Å². The van der Waals surface area contributed by atoms with E-state index in [9.17, 15) is 9.90 Å². The molecule has 0 aliphatic heterocycles. The van der Waals surface area contributed by atoms with Crippen molar-refractivity contribution in [3.05, 3.63) is 40.4 Å². The summed E-state index contributed by atoms with van der Waals surface area (Å²) in [6.45, 7) is 1.87. The lowest BCUT2D eigenvalue weighted by molar-refractivity contribution is -0.136. The van der Waals surface area contributed by atoms with Gasteiger partial charge in [0.15, 0.2) is 0 Å². The summed E-state index contributed by atoms with van der Waals surface area (Å²) in [6, 6.07) is 8.03. The largest absolute Gasteiger partial charge is 0.480 e. The van der Waals surface area contributed by atoms with Crippen LogP contribution in [0.4, 0.5) is 0 Å². The quantitative estimate of drug-likeness (QED) is 0.471. The Morgan fingerprint density at radius 3 is 2.74 bits per heavy atom. The van der Waals surface area contributed by atoms with Crippen molar-refractivity contribution in [2.75, 3.05) is 0 Å². The molecule has 0 aliphatic carbocycles. The van der Waals surface area contributed by atoms with Crippen molar-refractivity contribution in [3.8, 4) is 11.1 Å². The third kappa shape index (κ3) is 3.41. The number of aromatic nitrogens is 2. The fraction of sp³-hybridized carbons (Fsp3) is 0.188. The van der Waals surface area contributed by atoms with Crippen LogP contribution >= 0.6 is 39.0 Å². The highest BCUT2D eigenvalue weighted by Gasteiger charge is 2.21. The number of carboxylic acid groups (broad SMARTS) is 1. The number of thioether (sulfide) groups is 1. The maximum Gasteiger partial charge on any atom is 0.317 e. The zero-order valence-electron chi connectivity index (χ0n) is 12.2. The smallest absolute Gasteiger partial charge is 0.317 e. The highest BCUT2D eigenvalue weighted by molar-refractivity contribution is 9.10. The molecule has 1 unspecified atom stereocenters. The van der Waals surface area contributed by atoms with E-state index in [4.69, 9.17) is 0 Å². The predicted molar refractivity (Wildman–Crippen MR) is 98.1 cm³/mol. The first-order valence-electron chi connectivity index (χ1n) is 6.97. The molecule has 0 amide bonds. The molecule has 3 rings (SSSR count). The van der Waals surface area contributed by atoms with Crippen LogP contribution < -0.4 is 0 Å². The Labute approximate surface area is 150 Å². The van der Waals surface area contributed by atoms with Gasteiger partial charge in [-0.3, -0.25) is 4.79 Å². The molecular formula is C16H13BrN2O2S2. The van der Waals surface area contributed by atoms with Gasteiger partial charge in [-0.15, -0.1) is 11.3 Å². The van der Waals surface area contributed by atoms with Gasteiger partial charge < -0.3 is 5.11 Å². The second-order valence-electron chi connectivity index (χ2n) is 4.87. The summed E-state index contributed by atoms with van der Waals surface area (Å²) >= 11 is 6.28. The minimum Gasteiger partial charge on any atom is -0.480 e. The molecule has 0 spiro atoms. The maximum atomic E-state index is 11.3. The molecular weight excluding hydrogens is 396 g/mol. The molecule has 0 aliphatic rings. The molecule has 0 saturated heterocycles. The Hall–Kier alpha value is -1.44. The van der Waals surface area contributed by atoms with Gasteiger partial charge in [0.1, 0.15) is 21.4 Å². The van der Waals surface area contributed by atoms with Crippen molar-refractivity contribution in [1.29, 1.82) is 0 Å². The number of carbonyl (C=O) groups is 1. The summed E-state index contributed by atoms with van der Waals surface area (Å²) in [5.41, 5.74) is 2.11. The van der Waals surface area contributed by atoms with Crippen LogP contribution in [0.25, 0.3) is 21.3 Å². The Kier molecular flexibility index (Phi) is 4.99. The number of hydrogen-bond acceptors (Lipinski definition) is 5. The second kappa shape index (κ2) is 6.98. The zero-order chi connectivity index (χ0) is 16.4. The van der Waals surface area contributed by atoms with Gasteiger partial charge in [0.25, 0.3) is 0 Å². The minimum absolute atomic E-state index is 0.509. The molecule has 0 saturated carbocycles. The van der Waals surface area contributed by atoms with E-state index in [2.05, 4.69) is 25.9 Å². The van der Waals surface area contributed by atoms with Crippen LogP contribution in [-0.2, 0) is 4.79 Å². The van der Waals surface area contributed by atoms with Crippen LogP contribution in [0, 0.1) is 0 Å². The second-order valence-corrected chi connectivity index (χ2v) is 7.83. The first-order chi connectivity index (χ1) is 11.1. The topological polar surface area (TPSA) is 63.1 Å². The average molecular weight is 409 g/mol. The van der Waals surface area contributed by atoms with Gasteiger partial charge in [-0.25, -0.2) is 9.97 Å². The van der Waals surface area contributed by atoms with E-state index in [0.717, 1.165) is 30.8 Å². The molecule has 3 aromatic rings. The van der Waals surface area contributed by atoms with Gasteiger partial charge >= 0.3 is 5.97 Å². The normalized spacial score (nSPS) is 12.4. The van der Waals surface area contributed by atoms with Gasteiger partial charge in [-0.2, -0.15) is 0 Å². The third-order valence-electron chi connectivity index (χ3n) is 3.39. The summed E-state index contributed by atoms with van der Waals surface area (Å²) < 4.78 is 1.02. The molecule has 0 fully saturated rings. The number of benzene rings is 1. The molecule has 1 N–H and O–H groups in total. The zero-order valence-corrected chi connectivity index (χ0v) is 15.4. The number of nitrogens with zero attached hydrogens (tertiary/aromatic N) is 2. The summed E-state index contributed by atoms with van der Waals surface area (Å²) in [7, 11) is 0. The van der Waals surface area contributed by atoms with E-state index in [0.29, 0.717) is 6.42 Å². The summed E-state index contributed by atoms with van der Waals surface area (Å²) in [5.74, 6) is -0.815. The number of hydrogen-bond donors (Lipinski definition) is 1. The number of carboxylic acids is 1. The molecule has 2 heterocycles. The van der Waals surface area contributed by atoms with Crippen LogP contribution in [0.2, 0.25) is 0 Å². The lowest BCUT2D eigenvalue weighted by atomic mass is 10.1. The monoisotopic (exact) mass is 408 g/mol. The Bertz CT molecular complexity index is 849. The van der Waals surface area contributed by atoms with E-state index >= 15 is 0 Å². The van der Waals surface area contributed by atoms with E-state index in [-0.39, 0.29) is 0 Å². The number of rotatable bonds is 5. The average Bonchev–Trinajstić information content (AvgIpc) is 2.98. The molecule has 7 heteroatoms. The Morgan fingerprint density at radius 1 is 1.35 bits per heavy atom. The maximum absolute atomic E-state index is 11.3. The van der Waals surface area contributed by atoms with Gasteiger partial charge in [-0.05, 0) is 24.1 Å². The number of aliphatic carboxylic acids is 1. The fourth-order valence-corrected chi connectivity index (χ4v) is 4.44. The van der Waals surface area contributed by atoms with Crippen molar-refractivity contribution >= 4 is 55.2 Å². The molecule has 1 atom stereocenters. The highest BCUT2D eigenvalue weighted by Crippen LogP contribution is 2.39. The van der Waals surface area contributed by atoms with Crippen molar-refractivity contribution in [1.82, 2.24) is 9.97 Å². The van der Waals surface area contributed by atoms with Gasteiger partial charge in [0, 0.05) is 15.4 Å². The molecule has 1 aromatic carbocycles. The van der Waals surface area contributed by atoms with Gasteiger partial charge in [-0.1, -0.05) is 46.7 Å². The predicted octanol–water partition coefficient (Wildman–Crippen LogP) is 5.08. The fourth-order valence-electron chi connectivity index (χ4n) is 2.22. The number of thiophene rings is 1. The molecule has 0 radical (unpaired) electrons. The Balaban J connectivity index is 2.10. The van der Waals surface area contributed by atoms with Crippen LogP contribution in [0.3, 0.4) is 0 Å². The molecule has 2 aromatic heterocycles. The van der Waals surface area contributed by atoms with Crippen molar-refractivity contribution in [3.63, 3.8) is 0 Å². The number of fused-ring (bicyclic) bond motifs is 1.